The molecule has 0 aliphatic heterocycles. The van der Waals surface area contributed by atoms with E-state index in [0.29, 0.717) is 33.5 Å². The number of pyridine rings is 1. The molecule has 0 saturated carbocycles. The first-order chi connectivity index (χ1) is 18.4. The van der Waals surface area contributed by atoms with Crippen LogP contribution < -0.4 is 27.2 Å². The normalized spacial score (nSPS) is 10.6. The number of fused-ring (bicyclic) bond motifs is 1. The summed E-state index contributed by atoms with van der Waals surface area (Å²) in [6.07, 6.45) is 1.62. The molecule has 12 heteroatoms. The van der Waals surface area contributed by atoms with E-state index in [1.54, 1.807) is 66.9 Å². The van der Waals surface area contributed by atoms with Gasteiger partial charge in [0.15, 0.2) is 5.82 Å². The molecule has 0 fully saturated rings. The summed E-state index contributed by atoms with van der Waals surface area (Å²) in [5.74, 6) is 0.0151. The molecule has 0 atom stereocenters. The third-order valence-corrected chi connectivity index (χ3v) is 5.55. The van der Waals surface area contributed by atoms with Crippen LogP contribution in [0.15, 0.2) is 91.1 Å². The number of hydrogen-bond donors (Lipinski definition) is 4. The lowest BCUT2D eigenvalue weighted by atomic mass is 10.1. The van der Waals surface area contributed by atoms with Crippen molar-refractivity contribution in [3.05, 3.63) is 107 Å². The summed E-state index contributed by atoms with van der Waals surface area (Å²) in [6, 6.07) is 23.4. The van der Waals surface area contributed by atoms with Gasteiger partial charge < -0.3 is 16.8 Å². The van der Waals surface area contributed by atoms with E-state index in [2.05, 4.69) is 25.7 Å². The monoisotopic (exact) mass is 507 g/mol. The summed E-state index contributed by atoms with van der Waals surface area (Å²) in [5, 5.41) is 16.4. The van der Waals surface area contributed by atoms with Crippen molar-refractivity contribution < 1.29 is 9.72 Å². The van der Waals surface area contributed by atoms with Gasteiger partial charge in [0, 0.05) is 46.7 Å². The minimum Gasteiger partial charge on any atom is -0.383 e. The molecule has 5 rings (SSSR count). The molecule has 5 aromatic rings. The number of nitro benzene ring substituents is 1. The predicted molar refractivity (Wildman–Crippen MR) is 146 cm³/mol. The van der Waals surface area contributed by atoms with Crippen LogP contribution in [0.1, 0.15) is 10.4 Å². The molecule has 3 aromatic carbocycles. The standard InChI is InChI=1S/C26H21N9O3/c27-23-15-24(32-26(28)31-23)33-34(25(36)16-4-2-1-3-5-16)18-8-6-17(7-9-18)30-22-12-13-29-21-11-10-19(35(37)38)14-20(21)22/h1-15H,(H,29,30)(H5,27,28,31,32,33). The summed E-state index contributed by atoms with van der Waals surface area (Å²) < 4.78 is 0. The topological polar surface area (TPSA) is 178 Å². The van der Waals surface area contributed by atoms with E-state index in [4.69, 9.17) is 11.5 Å². The van der Waals surface area contributed by atoms with Crippen LogP contribution in [0.2, 0.25) is 0 Å². The smallest absolute Gasteiger partial charge is 0.276 e. The maximum Gasteiger partial charge on any atom is 0.276 e. The van der Waals surface area contributed by atoms with Crippen LogP contribution >= 0.6 is 0 Å². The van der Waals surface area contributed by atoms with Gasteiger partial charge in [0.2, 0.25) is 5.95 Å². The van der Waals surface area contributed by atoms with Gasteiger partial charge in [-0.1, -0.05) is 18.2 Å². The Morgan fingerprint density at radius 3 is 2.39 bits per heavy atom. The van der Waals surface area contributed by atoms with Crippen LogP contribution in [0.25, 0.3) is 10.9 Å². The molecule has 0 aliphatic rings. The second kappa shape index (κ2) is 10.1. The van der Waals surface area contributed by atoms with Crippen molar-refractivity contribution in [3.63, 3.8) is 0 Å². The molecule has 2 heterocycles. The van der Waals surface area contributed by atoms with Gasteiger partial charge >= 0.3 is 0 Å². The number of anilines is 6. The number of nitrogens with zero attached hydrogens (tertiary/aromatic N) is 5. The molecule has 0 spiro atoms. The first-order valence-electron chi connectivity index (χ1n) is 11.3. The molecule has 188 valence electrons. The van der Waals surface area contributed by atoms with Gasteiger partial charge in [0.1, 0.15) is 5.82 Å². The van der Waals surface area contributed by atoms with Crippen LogP contribution in [-0.4, -0.2) is 25.8 Å². The first kappa shape index (κ1) is 23.9. The highest BCUT2D eigenvalue weighted by Crippen LogP contribution is 2.29. The molecule has 6 N–H and O–H groups in total. The van der Waals surface area contributed by atoms with Gasteiger partial charge in [-0.25, -0.2) is 5.01 Å². The fourth-order valence-electron chi connectivity index (χ4n) is 3.81. The average molecular weight is 508 g/mol. The maximum atomic E-state index is 13.4. The zero-order valence-corrected chi connectivity index (χ0v) is 19.8. The van der Waals surface area contributed by atoms with Crippen LogP contribution in [0.3, 0.4) is 0 Å². The second-order valence-electron chi connectivity index (χ2n) is 8.14. The Balaban J connectivity index is 1.46. The number of nitrogens with one attached hydrogen (secondary N) is 2. The zero-order valence-electron chi connectivity index (χ0n) is 19.8. The van der Waals surface area contributed by atoms with Gasteiger partial charge in [0.05, 0.1) is 16.1 Å². The van der Waals surface area contributed by atoms with Crippen molar-refractivity contribution in [1.82, 2.24) is 15.0 Å². The van der Waals surface area contributed by atoms with Crippen molar-refractivity contribution in [2.24, 2.45) is 0 Å². The van der Waals surface area contributed by atoms with Crippen LogP contribution in [0.5, 0.6) is 0 Å². The number of hydrogen-bond acceptors (Lipinski definition) is 10. The van der Waals surface area contributed by atoms with E-state index in [9.17, 15) is 14.9 Å². The molecule has 1 amide bonds. The average Bonchev–Trinajstić information content (AvgIpc) is 2.92. The molecule has 0 saturated heterocycles. The summed E-state index contributed by atoms with van der Waals surface area (Å²) in [7, 11) is 0. The quantitative estimate of drug-likeness (QED) is 0.181. The van der Waals surface area contributed by atoms with Crippen LogP contribution in [0.4, 0.5) is 40.3 Å². The fraction of sp³-hybridized carbons (Fsp3) is 0. The number of nitrogen functional groups attached to an aromatic ring is 2. The molecule has 0 radical (unpaired) electrons. The lowest BCUT2D eigenvalue weighted by molar-refractivity contribution is -0.384. The SMILES string of the molecule is Nc1cc(NN(C(=O)c2ccccc2)c2ccc(Nc3ccnc4ccc([N+](=O)[O-])cc34)cc2)nc(N)n1. The van der Waals surface area contributed by atoms with Crippen molar-refractivity contribution in [1.29, 1.82) is 0 Å². The van der Waals surface area contributed by atoms with E-state index in [1.165, 1.54) is 23.2 Å². The number of hydrazine groups is 1. The van der Waals surface area contributed by atoms with Gasteiger partial charge in [-0.2, -0.15) is 9.97 Å². The Kier molecular flexibility index (Phi) is 6.34. The molecule has 38 heavy (non-hydrogen) atoms. The summed E-state index contributed by atoms with van der Waals surface area (Å²) in [5.41, 5.74) is 17.4. The third-order valence-electron chi connectivity index (χ3n) is 5.55. The van der Waals surface area contributed by atoms with E-state index in [1.807, 2.05) is 6.07 Å². The Morgan fingerprint density at radius 2 is 1.68 bits per heavy atom. The Labute approximate surface area is 216 Å². The van der Waals surface area contributed by atoms with E-state index in [0.717, 1.165) is 0 Å². The zero-order chi connectivity index (χ0) is 26.6. The molecule has 0 aliphatic carbocycles. The number of aromatic nitrogens is 3. The lowest BCUT2D eigenvalue weighted by Crippen LogP contribution is -2.36. The van der Waals surface area contributed by atoms with Gasteiger partial charge in [0.25, 0.3) is 11.6 Å². The highest BCUT2D eigenvalue weighted by Gasteiger charge is 2.19. The Hall–Kier alpha value is -5.78. The fourth-order valence-corrected chi connectivity index (χ4v) is 3.81. The van der Waals surface area contributed by atoms with Crippen molar-refractivity contribution in [2.75, 3.05) is 27.2 Å². The predicted octanol–water partition coefficient (Wildman–Crippen LogP) is 4.51. The summed E-state index contributed by atoms with van der Waals surface area (Å²) in [4.78, 5) is 36.5. The van der Waals surface area contributed by atoms with Crippen LogP contribution in [-0.2, 0) is 0 Å². The minimum atomic E-state index is -0.449. The molecular formula is C26H21N9O3. The molecule has 0 bridgehead atoms. The number of benzene rings is 3. The molecule has 2 aromatic heterocycles. The van der Waals surface area contributed by atoms with E-state index >= 15 is 0 Å². The maximum absolute atomic E-state index is 13.4. The largest absolute Gasteiger partial charge is 0.383 e. The number of non-ortho nitro benzene ring substituents is 1. The molecule has 0 unspecified atom stereocenters. The highest BCUT2D eigenvalue weighted by molar-refractivity contribution is 6.07. The number of carbonyl (C=O) groups excluding carboxylic acids is 1. The number of rotatable bonds is 7. The lowest BCUT2D eigenvalue weighted by Gasteiger charge is -2.24. The van der Waals surface area contributed by atoms with Gasteiger partial charge in [-0.05, 0) is 48.5 Å². The molecule has 12 nitrogen and oxygen atoms in total. The van der Waals surface area contributed by atoms with Gasteiger partial charge in [-0.15, -0.1) is 0 Å². The Bertz CT molecular complexity index is 1620. The van der Waals surface area contributed by atoms with Crippen LogP contribution in [0, 0.1) is 10.1 Å². The third kappa shape index (κ3) is 5.09. The second-order valence-corrected chi connectivity index (χ2v) is 8.14. The number of nitrogens with two attached hydrogens (primary N) is 2. The van der Waals surface area contributed by atoms with E-state index in [-0.39, 0.29) is 29.2 Å². The van der Waals surface area contributed by atoms with Gasteiger partial charge in [-0.3, -0.25) is 25.3 Å². The summed E-state index contributed by atoms with van der Waals surface area (Å²) >= 11 is 0. The van der Waals surface area contributed by atoms with Crippen molar-refractivity contribution in [2.45, 2.75) is 0 Å². The Morgan fingerprint density at radius 1 is 0.921 bits per heavy atom. The highest BCUT2D eigenvalue weighted by atomic mass is 16.6. The molecular weight excluding hydrogens is 486 g/mol. The number of nitro groups is 1. The minimum absolute atomic E-state index is 0.0315. The summed E-state index contributed by atoms with van der Waals surface area (Å²) in [6.45, 7) is 0. The number of amides is 1. The van der Waals surface area contributed by atoms with Crippen molar-refractivity contribution >= 4 is 57.1 Å². The number of carbonyl (C=O) groups is 1. The van der Waals surface area contributed by atoms with E-state index < -0.39 is 4.92 Å². The van der Waals surface area contributed by atoms with Crippen molar-refractivity contribution in [3.8, 4) is 0 Å². The first-order valence-corrected chi connectivity index (χ1v) is 11.3.